The third-order valence-corrected chi connectivity index (χ3v) is 3.71. The van der Waals surface area contributed by atoms with Gasteiger partial charge in [-0.15, -0.1) is 0 Å². The second-order valence-corrected chi connectivity index (χ2v) is 5.32. The largest absolute Gasteiger partial charge is 0.346 e. The van der Waals surface area contributed by atoms with Crippen LogP contribution < -0.4 is 0 Å². The molecule has 0 aromatic carbocycles. The van der Waals surface area contributed by atoms with E-state index >= 15 is 0 Å². The molecule has 18 heavy (non-hydrogen) atoms. The molecule has 2 aliphatic rings. The molecule has 0 bridgehead atoms. The topological polar surface area (TPSA) is 34.6 Å². The van der Waals surface area contributed by atoms with Gasteiger partial charge in [0.25, 0.3) is 0 Å². The number of nitrogens with zero attached hydrogens (tertiary/aromatic N) is 2. The van der Waals surface area contributed by atoms with Crippen LogP contribution in [0, 0.1) is 0 Å². The average Bonchev–Trinajstić information content (AvgIpc) is 2.77. The molecule has 0 radical (unpaired) electrons. The van der Waals surface area contributed by atoms with Crippen LogP contribution in [0.4, 0.5) is 0 Å². The van der Waals surface area contributed by atoms with Gasteiger partial charge in [-0.25, -0.2) is 0 Å². The lowest BCUT2D eigenvalue weighted by Gasteiger charge is -2.38. The minimum absolute atomic E-state index is 0.364. The molecule has 1 spiro atoms. The van der Waals surface area contributed by atoms with Crippen LogP contribution in [0.3, 0.4) is 0 Å². The molecule has 2 saturated heterocycles. The molecule has 0 unspecified atom stereocenters. The predicted octanol–water partition coefficient (Wildman–Crippen LogP) is 2.07. The van der Waals surface area contributed by atoms with Crippen LogP contribution in [0.15, 0.2) is 18.3 Å². The van der Waals surface area contributed by atoms with Crippen molar-refractivity contribution in [1.82, 2.24) is 9.88 Å². The van der Waals surface area contributed by atoms with E-state index in [1.165, 1.54) is 0 Å². The zero-order chi connectivity index (χ0) is 12.4. The Hall–Kier alpha value is -0.680. The maximum absolute atomic E-state index is 5.98. The van der Waals surface area contributed by atoms with E-state index in [0.717, 1.165) is 43.2 Å². The monoisotopic (exact) mass is 268 g/mol. The van der Waals surface area contributed by atoms with Gasteiger partial charge in [-0.2, -0.15) is 0 Å². The number of likely N-dealkylation sites (tertiary alicyclic amines) is 1. The van der Waals surface area contributed by atoms with Gasteiger partial charge in [0.05, 0.1) is 25.5 Å². The summed E-state index contributed by atoms with van der Waals surface area (Å²) in [6.45, 7) is 4.10. The van der Waals surface area contributed by atoms with Crippen molar-refractivity contribution in [3.63, 3.8) is 0 Å². The third kappa shape index (κ3) is 2.67. The van der Waals surface area contributed by atoms with Crippen molar-refractivity contribution in [3.8, 4) is 0 Å². The Bertz CT molecular complexity index is 421. The molecule has 0 amide bonds. The summed E-state index contributed by atoms with van der Waals surface area (Å²) in [6.07, 6.45) is 3.84. The Morgan fingerprint density at radius 2 is 2.22 bits per heavy atom. The molecule has 0 atom stereocenters. The fraction of sp³-hybridized carbons (Fsp3) is 0.615. The molecule has 4 nitrogen and oxygen atoms in total. The summed E-state index contributed by atoms with van der Waals surface area (Å²) in [4.78, 5) is 6.67. The van der Waals surface area contributed by atoms with E-state index in [1.807, 2.05) is 6.07 Å². The van der Waals surface area contributed by atoms with E-state index in [2.05, 4.69) is 9.88 Å². The summed E-state index contributed by atoms with van der Waals surface area (Å²) in [7, 11) is 0. The number of hydrogen-bond acceptors (Lipinski definition) is 4. The summed E-state index contributed by atoms with van der Waals surface area (Å²) in [5.41, 5.74) is 0.998. The zero-order valence-corrected chi connectivity index (χ0v) is 11.0. The van der Waals surface area contributed by atoms with Crippen LogP contribution in [0.25, 0.3) is 0 Å². The number of aromatic nitrogens is 1. The van der Waals surface area contributed by atoms with Crippen LogP contribution in [0.2, 0.25) is 5.02 Å². The summed E-state index contributed by atoms with van der Waals surface area (Å²) < 4.78 is 11.5. The number of piperidine rings is 1. The fourth-order valence-electron chi connectivity index (χ4n) is 2.70. The molecule has 98 valence electrons. The Morgan fingerprint density at radius 3 is 3.00 bits per heavy atom. The molecule has 0 N–H and O–H groups in total. The molecule has 5 heteroatoms. The van der Waals surface area contributed by atoms with Gasteiger partial charge in [0.15, 0.2) is 5.79 Å². The maximum Gasteiger partial charge on any atom is 0.181 e. The quantitative estimate of drug-likeness (QED) is 0.823. The van der Waals surface area contributed by atoms with Crippen LogP contribution in [0.1, 0.15) is 18.5 Å². The average molecular weight is 269 g/mol. The molecule has 1 aromatic heterocycles. The van der Waals surface area contributed by atoms with Crippen molar-refractivity contribution in [2.45, 2.75) is 25.2 Å². The zero-order valence-electron chi connectivity index (χ0n) is 10.3. The Morgan fingerprint density at radius 1 is 1.39 bits per heavy atom. The van der Waals surface area contributed by atoms with E-state index in [4.69, 9.17) is 21.1 Å². The minimum atomic E-state index is -0.364. The van der Waals surface area contributed by atoms with Gasteiger partial charge in [0.1, 0.15) is 0 Å². The van der Waals surface area contributed by atoms with Crippen LogP contribution >= 0.6 is 11.6 Å². The fourth-order valence-corrected chi connectivity index (χ4v) is 2.89. The van der Waals surface area contributed by atoms with E-state index in [-0.39, 0.29) is 5.79 Å². The number of pyridine rings is 1. The van der Waals surface area contributed by atoms with Crippen LogP contribution in [0.5, 0.6) is 0 Å². The highest BCUT2D eigenvalue weighted by Gasteiger charge is 2.40. The Kier molecular flexibility index (Phi) is 3.52. The lowest BCUT2D eigenvalue weighted by Crippen LogP contribution is -2.48. The van der Waals surface area contributed by atoms with Gasteiger partial charge in [-0.05, 0) is 25.1 Å². The molecule has 2 fully saturated rings. The molecule has 0 saturated carbocycles. The van der Waals surface area contributed by atoms with Gasteiger partial charge in [0, 0.05) is 24.2 Å². The molecule has 3 heterocycles. The van der Waals surface area contributed by atoms with Crippen molar-refractivity contribution < 1.29 is 9.47 Å². The van der Waals surface area contributed by atoms with Crippen LogP contribution in [-0.2, 0) is 16.0 Å². The first-order chi connectivity index (χ1) is 8.76. The van der Waals surface area contributed by atoms with Crippen molar-refractivity contribution in [2.24, 2.45) is 0 Å². The number of hydrogen-bond donors (Lipinski definition) is 0. The highest BCUT2D eigenvalue weighted by atomic mass is 35.5. The standard InChI is InChI=1S/C13H17ClN2O2/c14-11-2-4-15-12(8-11)9-16-5-1-3-13(10-16)17-6-7-18-13/h2,4,8H,1,3,5-7,9-10H2. The van der Waals surface area contributed by atoms with E-state index in [1.54, 1.807) is 12.3 Å². The smallest absolute Gasteiger partial charge is 0.181 e. The first-order valence-corrected chi connectivity index (χ1v) is 6.74. The summed E-state index contributed by atoms with van der Waals surface area (Å²) in [5.74, 6) is -0.364. The van der Waals surface area contributed by atoms with Crippen LogP contribution in [-0.4, -0.2) is 42.0 Å². The molecule has 1 aromatic rings. The second-order valence-electron chi connectivity index (χ2n) is 4.89. The summed E-state index contributed by atoms with van der Waals surface area (Å²) >= 11 is 5.98. The summed E-state index contributed by atoms with van der Waals surface area (Å²) in [5, 5.41) is 0.736. The van der Waals surface area contributed by atoms with E-state index in [9.17, 15) is 0 Å². The Labute approximate surface area is 112 Å². The normalized spacial score (nSPS) is 23.6. The SMILES string of the molecule is Clc1ccnc(CN2CCCC3(C2)OCCO3)c1. The second kappa shape index (κ2) is 5.13. The number of ether oxygens (including phenoxy) is 2. The van der Waals surface area contributed by atoms with Crippen molar-refractivity contribution in [2.75, 3.05) is 26.3 Å². The van der Waals surface area contributed by atoms with E-state index in [0.29, 0.717) is 13.2 Å². The molecule has 0 aliphatic carbocycles. The van der Waals surface area contributed by atoms with Gasteiger partial charge in [-0.1, -0.05) is 11.6 Å². The third-order valence-electron chi connectivity index (χ3n) is 3.47. The first kappa shape index (κ1) is 12.4. The van der Waals surface area contributed by atoms with Gasteiger partial charge >= 0.3 is 0 Å². The molecular formula is C13H17ClN2O2. The maximum atomic E-state index is 5.98. The van der Waals surface area contributed by atoms with Gasteiger partial charge in [-0.3, -0.25) is 9.88 Å². The molecular weight excluding hydrogens is 252 g/mol. The van der Waals surface area contributed by atoms with Crippen molar-refractivity contribution >= 4 is 11.6 Å². The van der Waals surface area contributed by atoms with Gasteiger partial charge < -0.3 is 9.47 Å². The highest BCUT2D eigenvalue weighted by molar-refractivity contribution is 6.30. The van der Waals surface area contributed by atoms with Crippen molar-refractivity contribution in [1.29, 1.82) is 0 Å². The number of rotatable bonds is 2. The molecule has 2 aliphatic heterocycles. The summed E-state index contributed by atoms with van der Waals surface area (Å²) in [6, 6.07) is 3.71. The Balaban J connectivity index is 1.66. The van der Waals surface area contributed by atoms with E-state index < -0.39 is 0 Å². The lowest BCUT2D eigenvalue weighted by molar-refractivity contribution is -0.190. The lowest BCUT2D eigenvalue weighted by atomic mass is 10.0. The highest BCUT2D eigenvalue weighted by Crippen LogP contribution is 2.30. The van der Waals surface area contributed by atoms with Crippen molar-refractivity contribution in [3.05, 3.63) is 29.0 Å². The number of halogens is 1. The molecule has 3 rings (SSSR count). The minimum Gasteiger partial charge on any atom is -0.346 e. The first-order valence-electron chi connectivity index (χ1n) is 6.37. The van der Waals surface area contributed by atoms with Gasteiger partial charge in [0.2, 0.25) is 0 Å². The predicted molar refractivity (Wildman–Crippen MR) is 68.4 cm³/mol.